The Hall–Kier alpha value is -1.42. The normalized spacial score (nSPS) is 26.3. The van der Waals surface area contributed by atoms with E-state index in [-0.39, 0.29) is 13.2 Å². The molecule has 0 saturated heterocycles. The standard InChI is InChI=1S/C14H9BrN2O.CH4/c15-13-10(18)4-8-7-3-6-5(11(7)13)1-2-9-12(6)14(8)17-16-9;/h1-2,7-8H,3-4H2,(H,16,17);1H4. The summed E-state index contributed by atoms with van der Waals surface area (Å²) in [6, 6.07) is 4.19. The maximum absolute atomic E-state index is 12.1. The van der Waals surface area contributed by atoms with Gasteiger partial charge >= 0.3 is 0 Å². The summed E-state index contributed by atoms with van der Waals surface area (Å²) in [7, 11) is 0. The summed E-state index contributed by atoms with van der Waals surface area (Å²) in [5.41, 5.74) is 6.11. The number of fused-ring (bicyclic) bond motifs is 1. The highest BCUT2D eigenvalue weighted by atomic mass is 79.9. The van der Waals surface area contributed by atoms with E-state index in [0.717, 1.165) is 16.4 Å². The summed E-state index contributed by atoms with van der Waals surface area (Å²) in [5.74, 6) is 0.987. The zero-order valence-electron chi connectivity index (χ0n) is 9.46. The number of allylic oxidation sites excluding steroid dienone is 2. The molecule has 4 heteroatoms. The number of hydrogen-bond acceptors (Lipinski definition) is 2. The summed E-state index contributed by atoms with van der Waals surface area (Å²) < 4.78 is 0.806. The maximum Gasteiger partial charge on any atom is 0.170 e. The average Bonchev–Trinajstić information content (AvgIpc) is 2.94. The Morgan fingerprint density at radius 3 is 2.95 bits per heavy atom. The van der Waals surface area contributed by atoms with Gasteiger partial charge in [0.05, 0.1) is 10.00 Å². The molecule has 0 fully saturated rings. The van der Waals surface area contributed by atoms with Crippen molar-refractivity contribution in [1.82, 2.24) is 10.2 Å². The first-order valence-electron chi connectivity index (χ1n) is 6.19. The van der Waals surface area contributed by atoms with Crippen LogP contribution in [0.3, 0.4) is 0 Å². The van der Waals surface area contributed by atoms with E-state index in [4.69, 9.17) is 0 Å². The van der Waals surface area contributed by atoms with Crippen LogP contribution in [0.15, 0.2) is 16.6 Å². The van der Waals surface area contributed by atoms with E-state index in [9.17, 15) is 4.79 Å². The number of carbonyl (C=O) groups is 1. The Kier molecular flexibility index (Phi) is 2.02. The van der Waals surface area contributed by atoms with Crippen LogP contribution in [-0.4, -0.2) is 16.0 Å². The molecule has 1 aromatic heterocycles. The molecule has 0 spiro atoms. The van der Waals surface area contributed by atoms with Gasteiger partial charge in [-0.3, -0.25) is 9.89 Å². The van der Waals surface area contributed by atoms with Gasteiger partial charge in [0.25, 0.3) is 0 Å². The fraction of sp³-hybridized carbons (Fsp3) is 0.333. The molecule has 3 aliphatic rings. The summed E-state index contributed by atoms with van der Waals surface area (Å²) >= 11 is 3.51. The van der Waals surface area contributed by atoms with Gasteiger partial charge in [0.15, 0.2) is 5.78 Å². The minimum atomic E-state index is 0. The third-order valence-electron chi connectivity index (χ3n) is 4.69. The number of nitrogens with one attached hydrogen (secondary N) is 1. The molecule has 19 heavy (non-hydrogen) atoms. The van der Waals surface area contributed by atoms with Gasteiger partial charge in [-0.05, 0) is 51.0 Å². The molecule has 2 aromatic rings. The van der Waals surface area contributed by atoms with Crippen LogP contribution in [0.2, 0.25) is 0 Å². The Morgan fingerprint density at radius 2 is 2.11 bits per heavy atom. The van der Waals surface area contributed by atoms with Gasteiger partial charge in [-0.25, -0.2) is 0 Å². The number of benzene rings is 1. The molecular formula is C15H13BrN2O. The largest absolute Gasteiger partial charge is 0.294 e. The van der Waals surface area contributed by atoms with Crippen molar-refractivity contribution in [2.24, 2.45) is 5.92 Å². The van der Waals surface area contributed by atoms with Crippen molar-refractivity contribution in [3.63, 3.8) is 0 Å². The number of H-pyrrole nitrogens is 1. The molecule has 2 unspecified atom stereocenters. The number of halogens is 1. The number of aromatic amines is 1. The first kappa shape index (κ1) is 11.4. The quantitative estimate of drug-likeness (QED) is 0.808. The fourth-order valence-corrected chi connectivity index (χ4v) is 4.64. The van der Waals surface area contributed by atoms with Crippen LogP contribution in [0.1, 0.15) is 36.6 Å². The van der Waals surface area contributed by atoms with Crippen molar-refractivity contribution in [2.75, 3.05) is 0 Å². The van der Waals surface area contributed by atoms with Gasteiger partial charge in [0.2, 0.25) is 0 Å². The number of carbonyl (C=O) groups excluding carboxylic acids is 1. The number of aromatic nitrogens is 2. The molecule has 5 rings (SSSR count). The second kappa shape index (κ2) is 3.37. The first-order valence-corrected chi connectivity index (χ1v) is 6.98. The Morgan fingerprint density at radius 1 is 1.26 bits per heavy atom. The second-order valence-corrected chi connectivity index (χ2v) is 6.19. The lowest BCUT2D eigenvalue weighted by Gasteiger charge is -2.30. The van der Waals surface area contributed by atoms with E-state index in [1.165, 1.54) is 27.8 Å². The molecule has 96 valence electrons. The molecule has 3 nitrogen and oxygen atoms in total. The van der Waals surface area contributed by atoms with Crippen molar-refractivity contribution in [3.05, 3.63) is 33.4 Å². The summed E-state index contributed by atoms with van der Waals surface area (Å²) in [6.45, 7) is 0. The van der Waals surface area contributed by atoms with Gasteiger partial charge in [0.1, 0.15) is 0 Å². The number of nitrogens with zero attached hydrogens (tertiary/aromatic N) is 1. The maximum atomic E-state index is 12.1. The van der Waals surface area contributed by atoms with E-state index in [1.807, 2.05) is 0 Å². The van der Waals surface area contributed by atoms with Gasteiger partial charge in [-0.2, -0.15) is 5.10 Å². The zero-order valence-corrected chi connectivity index (χ0v) is 11.0. The summed E-state index contributed by atoms with van der Waals surface area (Å²) in [4.78, 5) is 12.1. The van der Waals surface area contributed by atoms with E-state index in [2.05, 4.69) is 38.3 Å². The minimum Gasteiger partial charge on any atom is -0.294 e. The zero-order chi connectivity index (χ0) is 12.0. The van der Waals surface area contributed by atoms with Crippen molar-refractivity contribution >= 4 is 38.2 Å². The molecule has 1 N–H and O–H groups in total. The highest BCUT2D eigenvalue weighted by Gasteiger charge is 2.46. The Balaban J connectivity index is 0.000000968. The molecule has 6 bridgehead atoms. The Bertz CT molecular complexity index is 787. The second-order valence-electron chi connectivity index (χ2n) is 5.40. The predicted molar refractivity (Wildman–Crippen MR) is 78.2 cm³/mol. The van der Waals surface area contributed by atoms with Gasteiger partial charge in [-0.1, -0.05) is 13.5 Å². The van der Waals surface area contributed by atoms with Gasteiger partial charge in [0, 0.05) is 23.4 Å². The monoisotopic (exact) mass is 316 g/mol. The number of rotatable bonds is 0. The lowest BCUT2D eigenvalue weighted by molar-refractivity contribution is -0.115. The van der Waals surface area contributed by atoms with Crippen LogP contribution in [0.5, 0.6) is 0 Å². The summed E-state index contributed by atoms with van der Waals surface area (Å²) in [6.07, 6.45) is 1.67. The van der Waals surface area contributed by atoms with Crippen LogP contribution in [0.25, 0.3) is 16.5 Å². The molecule has 0 saturated carbocycles. The highest BCUT2D eigenvalue weighted by molar-refractivity contribution is 9.12. The first-order chi connectivity index (χ1) is 8.75. The van der Waals surface area contributed by atoms with Gasteiger partial charge < -0.3 is 0 Å². The average molecular weight is 317 g/mol. The van der Waals surface area contributed by atoms with Crippen LogP contribution in [-0.2, 0) is 11.2 Å². The van der Waals surface area contributed by atoms with Crippen molar-refractivity contribution in [2.45, 2.75) is 26.2 Å². The van der Waals surface area contributed by atoms with E-state index in [0.29, 0.717) is 18.3 Å². The third kappa shape index (κ3) is 1.10. The fourth-order valence-electron chi connectivity index (χ4n) is 3.97. The van der Waals surface area contributed by atoms with Crippen LogP contribution in [0.4, 0.5) is 0 Å². The van der Waals surface area contributed by atoms with Crippen molar-refractivity contribution < 1.29 is 4.79 Å². The lowest BCUT2D eigenvalue weighted by Crippen LogP contribution is -2.24. The minimum absolute atomic E-state index is 0. The third-order valence-corrected chi connectivity index (χ3v) is 5.55. The molecular weight excluding hydrogens is 304 g/mol. The highest BCUT2D eigenvalue weighted by Crippen LogP contribution is 2.57. The topological polar surface area (TPSA) is 45.8 Å². The van der Waals surface area contributed by atoms with E-state index < -0.39 is 0 Å². The van der Waals surface area contributed by atoms with Crippen LogP contribution < -0.4 is 0 Å². The molecule has 0 aliphatic heterocycles. The molecule has 1 heterocycles. The molecule has 1 aromatic carbocycles. The van der Waals surface area contributed by atoms with E-state index >= 15 is 0 Å². The van der Waals surface area contributed by atoms with Crippen molar-refractivity contribution in [3.8, 4) is 0 Å². The lowest BCUT2D eigenvalue weighted by atomic mass is 9.74. The summed E-state index contributed by atoms with van der Waals surface area (Å²) in [5, 5.41) is 8.83. The molecule has 3 aliphatic carbocycles. The van der Waals surface area contributed by atoms with Crippen LogP contribution in [0, 0.1) is 5.92 Å². The molecule has 0 amide bonds. The molecule has 2 atom stereocenters. The number of Topliss-reactive ketones (excluding diaryl/α,β-unsaturated/α-hetero) is 1. The van der Waals surface area contributed by atoms with Crippen molar-refractivity contribution in [1.29, 1.82) is 0 Å². The SMILES string of the molecule is C.O=C1CC2c3[nH]nc4ccc5c(c34)CC2C5=C1Br. The molecule has 0 radical (unpaired) electrons. The predicted octanol–water partition coefficient (Wildman–Crippen LogP) is 3.55. The van der Waals surface area contributed by atoms with Crippen LogP contribution >= 0.6 is 15.9 Å². The number of hydrogen-bond donors (Lipinski definition) is 1. The Labute approximate surface area is 119 Å². The number of ketones is 1. The smallest absolute Gasteiger partial charge is 0.170 e. The van der Waals surface area contributed by atoms with Gasteiger partial charge in [-0.15, -0.1) is 0 Å². The van der Waals surface area contributed by atoms with E-state index in [1.54, 1.807) is 0 Å².